The van der Waals surface area contributed by atoms with Gasteiger partial charge < -0.3 is 79.0 Å². The van der Waals surface area contributed by atoms with Crippen LogP contribution in [-0.4, -0.2) is 198 Å². The van der Waals surface area contributed by atoms with Gasteiger partial charge in [-0.3, -0.25) is 39.5 Å². The van der Waals surface area contributed by atoms with E-state index < -0.39 is 61.4 Å². The molecule has 6 aromatic heterocycles. The molecule has 6 amide bonds. The normalized spacial score (nSPS) is 29.8. The molecule has 11 heterocycles. The second-order valence-electron chi connectivity index (χ2n) is 29.6. The lowest BCUT2D eigenvalue weighted by Crippen LogP contribution is -2.37. The van der Waals surface area contributed by atoms with Gasteiger partial charge >= 0.3 is 36.0 Å². The predicted molar refractivity (Wildman–Crippen MR) is 405 cm³/mol. The highest BCUT2D eigenvalue weighted by molar-refractivity contribution is 5.97. The number of carboxylic acid groups (broad SMARTS) is 3. The van der Waals surface area contributed by atoms with E-state index in [2.05, 4.69) is 82.1 Å². The van der Waals surface area contributed by atoms with Crippen molar-refractivity contribution in [3.05, 3.63) is 152 Å². The number of aromatic nitrogens is 12. The third kappa shape index (κ3) is 16.7. The SMILES string of the molecule is CCNC(=O)Nc1ncnc2c1ncn2C1CC(CCC2CC2C(=O)O)C2O[C@H](/C=C/c3ccccc3)OC21.CCNC(=O)Nc1ncnc2c1ncn2C1OC(CCC2CC2C(=O)O)C2O[C@H](c3ccccc3)OC21.CCNC(=O)Nc1ncnc2c1ncn2C1OC(CNCC2CC2C(=O)O)C2O[C@H](c3ccccc3)OC21. The zero-order chi connectivity index (χ0) is 78.7. The van der Waals surface area contributed by atoms with Gasteiger partial charge in [0.1, 0.15) is 55.6 Å². The average molecular weight is 1560 g/mol. The minimum absolute atomic E-state index is 0.0817. The fourth-order valence-electron chi connectivity index (χ4n) is 16.3. The fraction of sp³-hybridized carbons (Fsp3) is 0.474. The molecule has 36 heteroatoms. The van der Waals surface area contributed by atoms with E-state index in [0.717, 1.165) is 48.8 Å². The summed E-state index contributed by atoms with van der Waals surface area (Å²) >= 11 is 0. The number of hydrogen-bond donors (Lipinski definition) is 10. The van der Waals surface area contributed by atoms with E-state index in [1.165, 1.54) is 19.0 Å². The number of carbonyl (C=O) groups is 6. The molecule has 4 saturated carbocycles. The lowest BCUT2D eigenvalue weighted by Gasteiger charge is -2.21. The molecule has 5 saturated heterocycles. The quantitative estimate of drug-likeness (QED) is 0.0243. The Labute approximate surface area is 652 Å². The van der Waals surface area contributed by atoms with Crippen LogP contribution >= 0.6 is 0 Å². The van der Waals surface area contributed by atoms with Gasteiger partial charge in [0.2, 0.25) is 0 Å². The van der Waals surface area contributed by atoms with Gasteiger partial charge in [0.05, 0.1) is 55.0 Å². The summed E-state index contributed by atoms with van der Waals surface area (Å²) in [6.45, 7) is 7.99. The molecule has 4 aliphatic carbocycles. The Hall–Kier alpha value is -11.1. The van der Waals surface area contributed by atoms with Crippen molar-refractivity contribution in [2.75, 3.05) is 48.7 Å². The molecule has 36 nitrogen and oxygen atoms in total. The minimum Gasteiger partial charge on any atom is -0.481 e. The molecule has 18 rings (SSSR count). The van der Waals surface area contributed by atoms with Crippen LogP contribution < -0.4 is 37.2 Å². The Morgan fingerprint density at radius 3 is 1.31 bits per heavy atom. The van der Waals surface area contributed by atoms with Crippen molar-refractivity contribution in [2.24, 2.45) is 41.4 Å². The van der Waals surface area contributed by atoms with Gasteiger partial charge in [-0.25, -0.2) is 59.2 Å². The van der Waals surface area contributed by atoms with E-state index >= 15 is 0 Å². The van der Waals surface area contributed by atoms with E-state index in [-0.39, 0.29) is 108 Å². The minimum atomic E-state index is -0.748. The molecule has 598 valence electrons. The average Bonchev–Trinajstić information content (AvgIpc) is 1.60. The fourth-order valence-corrected chi connectivity index (χ4v) is 16.3. The largest absolute Gasteiger partial charge is 0.481 e. The van der Waals surface area contributed by atoms with Crippen LogP contribution in [0.2, 0.25) is 0 Å². The number of amides is 6. The number of aliphatic carboxylic acids is 3. The van der Waals surface area contributed by atoms with Crippen LogP contribution in [0.4, 0.5) is 31.8 Å². The van der Waals surface area contributed by atoms with Crippen LogP contribution in [0.5, 0.6) is 0 Å². The highest BCUT2D eigenvalue weighted by Gasteiger charge is 2.57. The van der Waals surface area contributed by atoms with Gasteiger partial charge in [-0.1, -0.05) is 97.1 Å². The van der Waals surface area contributed by atoms with Crippen molar-refractivity contribution < 1.29 is 82.0 Å². The first-order valence-electron chi connectivity index (χ1n) is 38.7. The summed E-state index contributed by atoms with van der Waals surface area (Å²) in [5, 5.41) is 47.3. The molecule has 9 aliphatic rings. The first kappa shape index (κ1) is 76.9. The van der Waals surface area contributed by atoms with Gasteiger partial charge in [-0.15, -0.1) is 0 Å². The summed E-state index contributed by atoms with van der Waals surface area (Å²) < 4.78 is 56.8. The number of imidazole rings is 3. The van der Waals surface area contributed by atoms with Gasteiger partial charge in [-0.05, 0) is 114 Å². The van der Waals surface area contributed by atoms with Crippen molar-refractivity contribution in [1.29, 1.82) is 0 Å². The Morgan fingerprint density at radius 1 is 0.421 bits per heavy atom. The summed E-state index contributed by atoms with van der Waals surface area (Å²) in [6, 6.07) is 28.2. The molecule has 5 aliphatic heterocycles. The van der Waals surface area contributed by atoms with E-state index in [4.69, 9.17) is 37.9 Å². The van der Waals surface area contributed by atoms with Crippen molar-refractivity contribution in [3.8, 4) is 0 Å². The Morgan fingerprint density at radius 2 is 0.833 bits per heavy atom. The Balaban J connectivity index is 0.000000129. The number of benzene rings is 3. The molecule has 3 aromatic carbocycles. The number of urea groups is 3. The third-order valence-corrected chi connectivity index (χ3v) is 22.3. The van der Waals surface area contributed by atoms with E-state index in [1.54, 1.807) is 28.1 Å². The maximum atomic E-state index is 12.1. The molecule has 0 radical (unpaired) electrons. The summed E-state index contributed by atoms with van der Waals surface area (Å²) in [5.74, 6) is -1.29. The molecular formula is C78H89N19O17. The number of nitrogens with one attached hydrogen (secondary N) is 7. The van der Waals surface area contributed by atoms with Gasteiger partial charge in [0, 0.05) is 37.3 Å². The molecule has 0 bridgehead atoms. The number of fused-ring (bicyclic) bond motifs is 6. The lowest BCUT2D eigenvalue weighted by atomic mass is 9.97. The molecule has 0 spiro atoms. The topological polar surface area (TPSA) is 452 Å². The number of nitrogens with zero attached hydrogens (tertiary/aromatic N) is 12. The predicted octanol–water partition coefficient (Wildman–Crippen LogP) is 8.36. The number of carbonyl (C=O) groups excluding carboxylic acids is 3. The zero-order valence-electron chi connectivity index (χ0n) is 62.5. The van der Waals surface area contributed by atoms with Gasteiger partial charge in [0.25, 0.3) is 0 Å². The van der Waals surface area contributed by atoms with Crippen LogP contribution in [0.3, 0.4) is 0 Å². The molecule has 9 aromatic rings. The van der Waals surface area contributed by atoms with E-state index in [0.29, 0.717) is 97.1 Å². The molecule has 10 N–H and O–H groups in total. The molecule has 21 atom stereocenters. The second kappa shape index (κ2) is 33.9. The standard InChI is InChI=1S/C28H32N6O5.C25H29N7O6.C25H28N6O6/c1-2-29-28(37)33-25-22-26(31-14-30-25)34(15-32-22)20-13-18(10-9-17-12-19(17)27(35)36)23-24(20)39-21(38-23)11-8-16-6-4-3-5-7-16;1-2-27-25(35)31-20-17-21(29-11-28-20)32(12-30-17)22-19-18(37-24(38-19)13-6-4-3-5-7-13)16(36-22)10-26-9-14-8-15(14)23(33)34;1-2-26-25(34)30-20-17-21(28-11-27-20)31(12-29-17)22-19-18(36-24(37-19)13-6-4-3-5-7-13)16(35-22)9-8-14-10-15(14)23(32)33/h3-8,11,14-15,17-21,23-24H,2,9-10,12-13H2,1H3,(H,35,36)(H2,29,30,31,33,37);3-7,11-12,14-16,18-19,22,24,26H,2,8-10H2,1H3,(H,33,34)(H2,27,28,29,31,35);3-7,11-12,14-16,18-19,22,24H,2,8-10H2,1H3,(H,32,33)(H2,26,27,28,30,34)/b11-8+;;/t17?,18?,19?,20?,21-,23?,24?;2*14?,15?,16?,18?,19?,22?,24-/m000/s1. The number of hydrogen-bond acceptors (Lipinski definition) is 24. The zero-order valence-corrected chi connectivity index (χ0v) is 62.5. The third-order valence-electron chi connectivity index (χ3n) is 22.3. The molecule has 18 unspecified atom stereocenters. The van der Waals surface area contributed by atoms with Crippen LogP contribution in [0.15, 0.2) is 135 Å². The summed E-state index contributed by atoms with van der Waals surface area (Å²) in [7, 11) is 0. The van der Waals surface area contributed by atoms with Crippen LogP contribution in [0.25, 0.3) is 39.6 Å². The maximum Gasteiger partial charge on any atom is 0.320 e. The first-order valence-corrected chi connectivity index (χ1v) is 38.7. The second-order valence-corrected chi connectivity index (χ2v) is 29.6. The summed E-state index contributed by atoms with van der Waals surface area (Å²) in [6.07, 6.45) is 13.7. The van der Waals surface area contributed by atoms with Crippen LogP contribution in [-0.2, 0) is 52.3 Å². The summed E-state index contributed by atoms with van der Waals surface area (Å²) in [5.41, 5.74) is 5.82. The van der Waals surface area contributed by atoms with Crippen molar-refractivity contribution in [1.82, 2.24) is 79.8 Å². The van der Waals surface area contributed by atoms with E-state index in [1.807, 2.05) is 128 Å². The van der Waals surface area contributed by atoms with Gasteiger partial charge in [0.15, 0.2) is 82.3 Å². The Kier molecular flexibility index (Phi) is 22.9. The highest BCUT2D eigenvalue weighted by Crippen LogP contribution is 2.52. The first-order chi connectivity index (χ1) is 55.6. The number of carboxylic acids is 3. The number of ether oxygens (including phenoxy) is 8. The lowest BCUT2D eigenvalue weighted by molar-refractivity contribution is -0.148. The number of rotatable bonds is 26. The van der Waals surface area contributed by atoms with Crippen LogP contribution in [0, 0.1) is 41.4 Å². The van der Waals surface area contributed by atoms with Crippen LogP contribution in [0.1, 0.15) is 120 Å². The van der Waals surface area contributed by atoms with E-state index in [9.17, 15) is 44.1 Å². The monoisotopic (exact) mass is 1560 g/mol. The highest BCUT2D eigenvalue weighted by atomic mass is 16.8. The van der Waals surface area contributed by atoms with Crippen molar-refractivity contribution in [3.63, 3.8) is 0 Å². The molecular weight excluding hydrogens is 1470 g/mol. The molecule has 9 fully saturated rings. The van der Waals surface area contributed by atoms with Crippen molar-refractivity contribution >= 4 is 93.0 Å². The summed E-state index contributed by atoms with van der Waals surface area (Å²) in [4.78, 5) is 109. The van der Waals surface area contributed by atoms with Crippen molar-refractivity contribution in [2.45, 2.75) is 158 Å². The smallest absolute Gasteiger partial charge is 0.320 e. The van der Waals surface area contributed by atoms with Gasteiger partial charge in [-0.2, -0.15) is 0 Å². The maximum absolute atomic E-state index is 12.1. The Bertz CT molecular complexity index is 4970. The molecule has 114 heavy (non-hydrogen) atoms. The number of anilines is 3.